The highest BCUT2D eigenvalue weighted by Gasteiger charge is 2.33. The highest BCUT2D eigenvalue weighted by atomic mass is 19.4. The number of ether oxygens (including phenoxy) is 1. The number of alkyl halides is 3. The molecule has 8 heteroatoms. The molecular weight excluding hydrogens is 493 g/mol. The molecule has 1 aromatic heterocycles. The number of carbonyl (C=O) groups excluding carboxylic acids is 2. The zero-order valence-corrected chi connectivity index (χ0v) is 23.4. The molecule has 1 aliphatic rings. The van der Waals surface area contributed by atoms with E-state index < -0.39 is 22.8 Å². The smallest absolute Gasteiger partial charge is 0.416 e. The standard InChI is InChI=1S/C30H41F3N2O3/c1-20-25(27(37)34-13-12-29(5,6)38-19-36)17-26(35(20)18-21-10-8-7-9-11-21)22-14-23(28(2,3)4)16-24(15-22)30(31,32)33/h14-17,19,21H,7-13,18H2,1-6H3,(H,34,37). The molecule has 0 saturated heterocycles. The first-order valence-corrected chi connectivity index (χ1v) is 13.5. The van der Waals surface area contributed by atoms with Gasteiger partial charge in [-0.3, -0.25) is 9.59 Å². The van der Waals surface area contributed by atoms with Crippen LogP contribution in [0.25, 0.3) is 11.3 Å². The fourth-order valence-electron chi connectivity index (χ4n) is 5.11. The van der Waals surface area contributed by atoms with Crippen molar-refractivity contribution in [3.05, 3.63) is 46.6 Å². The third kappa shape index (κ3) is 7.41. The first-order chi connectivity index (χ1) is 17.6. The Morgan fingerprint density at radius 1 is 1.03 bits per heavy atom. The van der Waals surface area contributed by atoms with E-state index in [1.807, 2.05) is 38.3 Å². The number of nitrogens with zero attached hydrogens (tertiary/aromatic N) is 1. The molecule has 1 amide bonds. The average molecular weight is 535 g/mol. The molecule has 0 radical (unpaired) electrons. The molecule has 0 atom stereocenters. The number of benzene rings is 1. The molecule has 38 heavy (non-hydrogen) atoms. The van der Waals surface area contributed by atoms with E-state index in [0.717, 1.165) is 31.4 Å². The second kappa shape index (κ2) is 11.5. The first-order valence-electron chi connectivity index (χ1n) is 13.5. The van der Waals surface area contributed by atoms with Crippen LogP contribution in [0.3, 0.4) is 0 Å². The van der Waals surface area contributed by atoms with Gasteiger partial charge in [0.25, 0.3) is 12.4 Å². The van der Waals surface area contributed by atoms with E-state index in [9.17, 15) is 22.8 Å². The predicted molar refractivity (Wildman–Crippen MR) is 143 cm³/mol. The van der Waals surface area contributed by atoms with Gasteiger partial charge in [0.15, 0.2) is 0 Å². The van der Waals surface area contributed by atoms with Crippen molar-refractivity contribution >= 4 is 12.4 Å². The van der Waals surface area contributed by atoms with Gasteiger partial charge in [-0.15, -0.1) is 0 Å². The number of nitrogens with one attached hydrogen (secondary N) is 1. The number of halogens is 3. The van der Waals surface area contributed by atoms with Crippen LogP contribution in [0.15, 0.2) is 24.3 Å². The van der Waals surface area contributed by atoms with E-state index in [2.05, 4.69) is 5.32 Å². The molecule has 3 rings (SSSR count). The highest BCUT2D eigenvalue weighted by molar-refractivity contribution is 5.97. The summed E-state index contributed by atoms with van der Waals surface area (Å²) < 4.78 is 48.9. The lowest BCUT2D eigenvalue weighted by Crippen LogP contribution is -2.32. The second-order valence-corrected chi connectivity index (χ2v) is 12.2. The highest BCUT2D eigenvalue weighted by Crippen LogP contribution is 2.38. The maximum absolute atomic E-state index is 13.9. The van der Waals surface area contributed by atoms with Crippen molar-refractivity contribution in [3.8, 4) is 11.3 Å². The molecule has 1 saturated carbocycles. The van der Waals surface area contributed by atoms with Gasteiger partial charge < -0.3 is 14.6 Å². The van der Waals surface area contributed by atoms with Gasteiger partial charge in [0.2, 0.25) is 0 Å². The zero-order valence-electron chi connectivity index (χ0n) is 23.4. The Morgan fingerprint density at radius 3 is 2.24 bits per heavy atom. The molecule has 0 unspecified atom stereocenters. The van der Waals surface area contributed by atoms with Crippen molar-refractivity contribution in [1.82, 2.24) is 9.88 Å². The lowest BCUT2D eigenvalue weighted by atomic mass is 9.84. The normalized spacial score (nSPS) is 15.4. The number of aromatic nitrogens is 1. The van der Waals surface area contributed by atoms with Gasteiger partial charge in [0.1, 0.15) is 5.60 Å². The monoisotopic (exact) mass is 534 g/mol. The van der Waals surface area contributed by atoms with Crippen molar-refractivity contribution in [3.63, 3.8) is 0 Å². The van der Waals surface area contributed by atoms with E-state index >= 15 is 0 Å². The lowest BCUT2D eigenvalue weighted by Gasteiger charge is -2.25. The van der Waals surface area contributed by atoms with Crippen molar-refractivity contribution in [1.29, 1.82) is 0 Å². The number of amides is 1. The number of carbonyl (C=O) groups is 2. The minimum atomic E-state index is -4.48. The fraction of sp³-hybridized carbons (Fsp3) is 0.600. The van der Waals surface area contributed by atoms with Crippen molar-refractivity contribution in [2.45, 2.75) is 104 Å². The van der Waals surface area contributed by atoms with Crippen LogP contribution in [-0.4, -0.2) is 29.1 Å². The molecule has 1 aromatic carbocycles. The Morgan fingerprint density at radius 2 is 1.66 bits per heavy atom. The fourth-order valence-corrected chi connectivity index (χ4v) is 5.11. The summed E-state index contributed by atoms with van der Waals surface area (Å²) in [6, 6.07) is 5.97. The first kappa shape index (κ1) is 29.8. The number of hydrogen-bond acceptors (Lipinski definition) is 3. The topological polar surface area (TPSA) is 60.3 Å². The largest absolute Gasteiger partial charge is 0.462 e. The van der Waals surface area contributed by atoms with Crippen LogP contribution < -0.4 is 5.32 Å². The van der Waals surface area contributed by atoms with Crippen molar-refractivity contribution in [2.24, 2.45) is 5.92 Å². The van der Waals surface area contributed by atoms with E-state index in [1.165, 1.54) is 18.6 Å². The third-order valence-corrected chi connectivity index (χ3v) is 7.58. The molecule has 210 valence electrons. The summed E-state index contributed by atoms with van der Waals surface area (Å²) in [5.41, 5.74) is 0.968. The predicted octanol–water partition coefficient (Wildman–Crippen LogP) is 7.43. The van der Waals surface area contributed by atoms with Gasteiger partial charge >= 0.3 is 6.18 Å². The molecule has 1 heterocycles. The van der Waals surface area contributed by atoms with Gasteiger partial charge in [0.05, 0.1) is 11.1 Å². The van der Waals surface area contributed by atoms with Gasteiger partial charge in [0, 0.05) is 30.9 Å². The molecule has 1 aliphatic carbocycles. The maximum Gasteiger partial charge on any atom is 0.416 e. The van der Waals surface area contributed by atoms with E-state index in [1.54, 1.807) is 19.9 Å². The van der Waals surface area contributed by atoms with Crippen LogP contribution >= 0.6 is 0 Å². The Bertz CT molecular complexity index is 1100. The summed E-state index contributed by atoms with van der Waals surface area (Å²) in [7, 11) is 0. The summed E-state index contributed by atoms with van der Waals surface area (Å²) in [4.78, 5) is 23.9. The average Bonchev–Trinajstić information content (AvgIpc) is 3.14. The summed E-state index contributed by atoms with van der Waals surface area (Å²) in [6.07, 6.45) is 1.57. The minimum Gasteiger partial charge on any atom is -0.462 e. The molecular formula is C30H41F3N2O3. The van der Waals surface area contributed by atoms with Crippen LogP contribution in [0.5, 0.6) is 0 Å². The van der Waals surface area contributed by atoms with Crippen LogP contribution in [0, 0.1) is 12.8 Å². The quantitative estimate of drug-likeness (QED) is 0.340. The Hall–Kier alpha value is -2.77. The number of rotatable bonds is 9. The molecule has 2 aromatic rings. The van der Waals surface area contributed by atoms with Crippen molar-refractivity contribution in [2.75, 3.05) is 6.54 Å². The van der Waals surface area contributed by atoms with Gasteiger partial charge in [-0.2, -0.15) is 13.2 Å². The van der Waals surface area contributed by atoms with E-state index in [0.29, 0.717) is 54.3 Å². The summed E-state index contributed by atoms with van der Waals surface area (Å²) >= 11 is 0. The third-order valence-electron chi connectivity index (χ3n) is 7.58. The number of hydrogen-bond donors (Lipinski definition) is 1. The Balaban J connectivity index is 2.04. The van der Waals surface area contributed by atoms with E-state index in [4.69, 9.17) is 4.74 Å². The Kier molecular flexibility index (Phi) is 9.04. The van der Waals surface area contributed by atoms with Gasteiger partial charge in [-0.1, -0.05) is 40.0 Å². The summed E-state index contributed by atoms with van der Waals surface area (Å²) in [5.74, 6) is 0.120. The van der Waals surface area contributed by atoms with E-state index in [-0.39, 0.29) is 5.91 Å². The Labute approximate surface area is 224 Å². The maximum atomic E-state index is 13.9. The summed E-state index contributed by atoms with van der Waals surface area (Å²) in [5, 5.41) is 2.89. The van der Waals surface area contributed by atoms with Gasteiger partial charge in [-0.05, 0) is 80.3 Å². The summed E-state index contributed by atoms with van der Waals surface area (Å²) in [6.45, 7) is 12.4. The molecule has 5 nitrogen and oxygen atoms in total. The lowest BCUT2D eigenvalue weighted by molar-refractivity contribution is -0.140. The molecule has 1 fully saturated rings. The van der Waals surface area contributed by atoms with Crippen LogP contribution in [0.1, 0.15) is 100 Å². The SMILES string of the molecule is Cc1c(C(=O)NCCC(C)(C)OC=O)cc(-c2cc(C(C)(C)C)cc(C(F)(F)F)c2)n1CC1CCCCC1. The zero-order chi connectivity index (χ0) is 28.3. The molecule has 1 N–H and O–H groups in total. The minimum absolute atomic E-state index is 0.292. The molecule has 0 spiro atoms. The molecule has 0 bridgehead atoms. The van der Waals surface area contributed by atoms with Gasteiger partial charge in [-0.25, -0.2) is 0 Å². The van der Waals surface area contributed by atoms with Crippen LogP contribution in [0.4, 0.5) is 13.2 Å². The van der Waals surface area contributed by atoms with Crippen molar-refractivity contribution < 1.29 is 27.5 Å². The molecule has 0 aliphatic heterocycles. The van der Waals surface area contributed by atoms with Crippen LogP contribution in [-0.2, 0) is 27.7 Å². The van der Waals surface area contributed by atoms with Crippen LogP contribution in [0.2, 0.25) is 0 Å². The second-order valence-electron chi connectivity index (χ2n) is 12.2.